The second kappa shape index (κ2) is 6.86. The molecule has 1 unspecified atom stereocenters. The summed E-state index contributed by atoms with van der Waals surface area (Å²) in [5, 5.41) is 2.78. The van der Waals surface area contributed by atoms with Crippen LogP contribution in [0.15, 0.2) is 35.7 Å². The Morgan fingerprint density at radius 1 is 1.32 bits per heavy atom. The zero-order valence-electron chi connectivity index (χ0n) is 14.5. The standard InChI is InChI=1S/C19H23N3O2S/c1-2-22-10-9-21(13-19(22)8-11-24-14-19)18(23)16-12-25-17(20-16)15-6-4-3-5-7-15/h3-7,12H,2,8-11,13-14H2,1H3. The van der Waals surface area contributed by atoms with Gasteiger partial charge >= 0.3 is 0 Å². The Balaban J connectivity index is 1.52. The Morgan fingerprint density at radius 3 is 2.88 bits per heavy atom. The number of ether oxygens (including phenoxy) is 1. The van der Waals surface area contributed by atoms with Crippen molar-refractivity contribution >= 4 is 17.2 Å². The number of carbonyl (C=O) groups excluding carboxylic acids is 1. The summed E-state index contributed by atoms with van der Waals surface area (Å²) in [6.07, 6.45) is 0.997. The van der Waals surface area contributed by atoms with Crippen LogP contribution in [0, 0.1) is 0 Å². The molecule has 132 valence electrons. The van der Waals surface area contributed by atoms with E-state index in [1.807, 2.05) is 40.6 Å². The van der Waals surface area contributed by atoms with Gasteiger partial charge in [0.25, 0.3) is 5.91 Å². The maximum Gasteiger partial charge on any atom is 0.273 e. The molecular formula is C19H23N3O2S. The van der Waals surface area contributed by atoms with E-state index in [-0.39, 0.29) is 11.4 Å². The fraction of sp³-hybridized carbons (Fsp3) is 0.474. The van der Waals surface area contributed by atoms with Crippen molar-refractivity contribution in [2.45, 2.75) is 18.9 Å². The van der Waals surface area contributed by atoms with Gasteiger partial charge in [-0.2, -0.15) is 0 Å². The molecule has 2 aromatic rings. The molecule has 2 fully saturated rings. The van der Waals surface area contributed by atoms with Gasteiger partial charge in [-0.25, -0.2) is 4.98 Å². The first-order chi connectivity index (χ1) is 12.2. The van der Waals surface area contributed by atoms with Gasteiger partial charge < -0.3 is 9.64 Å². The van der Waals surface area contributed by atoms with Crippen LogP contribution >= 0.6 is 11.3 Å². The van der Waals surface area contributed by atoms with E-state index in [4.69, 9.17) is 4.74 Å². The van der Waals surface area contributed by atoms with Crippen LogP contribution < -0.4 is 0 Å². The predicted molar refractivity (Wildman–Crippen MR) is 98.9 cm³/mol. The first-order valence-electron chi connectivity index (χ1n) is 8.85. The van der Waals surface area contributed by atoms with Crippen LogP contribution in [0.25, 0.3) is 10.6 Å². The third kappa shape index (κ3) is 3.10. The molecule has 1 spiro atoms. The number of carbonyl (C=O) groups is 1. The number of aromatic nitrogens is 1. The Morgan fingerprint density at radius 2 is 2.16 bits per heavy atom. The monoisotopic (exact) mass is 357 g/mol. The minimum atomic E-state index is -0.0130. The second-order valence-electron chi connectivity index (χ2n) is 6.74. The zero-order chi connectivity index (χ0) is 17.3. The Hall–Kier alpha value is -1.76. The summed E-state index contributed by atoms with van der Waals surface area (Å²) in [7, 11) is 0. The smallest absolute Gasteiger partial charge is 0.273 e. The molecule has 2 aliphatic rings. The molecule has 3 heterocycles. The maximum absolute atomic E-state index is 13.0. The molecule has 1 aromatic carbocycles. The van der Waals surface area contributed by atoms with E-state index < -0.39 is 0 Å². The highest BCUT2D eigenvalue weighted by molar-refractivity contribution is 7.13. The van der Waals surface area contributed by atoms with E-state index in [1.165, 1.54) is 11.3 Å². The minimum Gasteiger partial charge on any atom is -0.379 e. The number of hydrogen-bond acceptors (Lipinski definition) is 5. The van der Waals surface area contributed by atoms with Gasteiger partial charge in [-0.3, -0.25) is 9.69 Å². The number of rotatable bonds is 3. The lowest BCUT2D eigenvalue weighted by molar-refractivity contribution is -0.00243. The molecule has 5 nitrogen and oxygen atoms in total. The second-order valence-corrected chi connectivity index (χ2v) is 7.60. The lowest BCUT2D eigenvalue weighted by Gasteiger charge is -2.47. The zero-order valence-corrected chi connectivity index (χ0v) is 15.3. The van der Waals surface area contributed by atoms with Gasteiger partial charge in [-0.1, -0.05) is 37.3 Å². The molecule has 0 aliphatic carbocycles. The Bertz CT molecular complexity index is 740. The average Bonchev–Trinajstić information content (AvgIpc) is 3.32. The van der Waals surface area contributed by atoms with Gasteiger partial charge in [-0.05, 0) is 13.0 Å². The maximum atomic E-state index is 13.0. The summed E-state index contributed by atoms with van der Waals surface area (Å²) in [6.45, 7) is 7.08. The van der Waals surface area contributed by atoms with E-state index in [2.05, 4.69) is 16.8 Å². The molecule has 2 aliphatic heterocycles. The van der Waals surface area contributed by atoms with Crippen molar-refractivity contribution in [2.75, 3.05) is 39.4 Å². The summed E-state index contributed by atoms with van der Waals surface area (Å²) in [6, 6.07) is 10.0. The van der Waals surface area contributed by atoms with Gasteiger partial charge in [0.1, 0.15) is 10.7 Å². The van der Waals surface area contributed by atoms with Crippen molar-refractivity contribution in [1.82, 2.24) is 14.8 Å². The predicted octanol–water partition coefficient (Wildman–Crippen LogP) is 2.75. The molecule has 0 N–H and O–H groups in total. The highest BCUT2D eigenvalue weighted by Crippen LogP contribution is 2.31. The van der Waals surface area contributed by atoms with Gasteiger partial charge in [0, 0.05) is 37.2 Å². The molecule has 1 amide bonds. The fourth-order valence-corrected chi connectivity index (χ4v) is 4.70. The molecule has 25 heavy (non-hydrogen) atoms. The Labute approximate surface area is 152 Å². The molecular weight excluding hydrogens is 334 g/mol. The lowest BCUT2D eigenvalue weighted by atomic mass is 9.92. The van der Waals surface area contributed by atoms with E-state index in [1.54, 1.807) is 0 Å². The largest absolute Gasteiger partial charge is 0.379 e. The lowest BCUT2D eigenvalue weighted by Crippen LogP contribution is -2.63. The van der Waals surface area contributed by atoms with E-state index in [0.29, 0.717) is 5.69 Å². The summed E-state index contributed by atoms with van der Waals surface area (Å²) in [5.74, 6) is 0.0421. The molecule has 4 rings (SSSR count). The van der Waals surface area contributed by atoms with Crippen LogP contribution in [0.5, 0.6) is 0 Å². The van der Waals surface area contributed by atoms with Crippen molar-refractivity contribution in [1.29, 1.82) is 0 Å². The van der Waals surface area contributed by atoms with Crippen LogP contribution in [-0.2, 0) is 4.74 Å². The van der Waals surface area contributed by atoms with Crippen molar-refractivity contribution in [2.24, 2.45) is 0 Å². The highest BCUT2D eigenvalue weighted by atomic mass is 32.1. The molecule has 0 radical (unpaired) electrons. The first kappa shape index (κ1) is 16.7. The molecule has 2 saturated heterocycles. The summed E-state index contributed by atoms with van der Waals surface area (Å²) in [4.78, 5) is 22.0. The Kier molecular flexibility index (Phi) is 4.58. The first-order valence-corrected chi connectivity index (χ1v) is 9.73. The van der Waals surface area contributed by atoms with E-state index in [9.17, 15) is 4.79 Å². The van der Waals surface area contributed by atoms with Crippen LogP contribution in [0.1, 0.15) is 23.8 Å². The van der Waals surface area contributed by atoms with Gasteiger partial charge in [-0.15, -0.1) is 11.3 Å². The normalized spacial score (nSPS) is 24.1. The van der Waals surface area contributed by atoms with Crippen LogP contribution in [-0.4, -0.2) is 65.6 Å². The summed E-state index contributed by atoms with van der Waals surface area (Å²) in [5.41, 5.74) is 1.60. The number of amides is 1. The number of piperazine rings is 1. The van der Waals surface area contributed by atoms with Crippen molar-refractivity contribution in [3.63, 3.8) is 0 Å². The number of likely N-dealkylation sites (N-methyl/N-ethyl adjacent to an activating group) is 1. The SMILES string of the molecule is CCN1CCN(C(=O)c2csc(-c3ccccc3)n2)CC12CCOC2. The number of hydrogen-bond donors (Lipinski definition) is 0. The van der Waals surface area contributed by atoms with E-state index in [0.717, 1.165) is 56.4 Å². The van der Waals surface area contributed by atoms with E-state index >= 15 is 0 Å². The third-order valence-electron chi connectivity index (χ3n) is 5.29. The molecule has 1 atom stereocenters. The van der Waals surface area contributed by atoms with Crippen molar-refractivity contribution < 1.29 is 9.53 Å². The highest BCUT2D eigenvalue weighted by Gasteiger charge is 2.45. The van der Waals surface area contributed by atoms with Crippen LogP contribution in [0.3, 0.4) is 0 Å². The topological polar surface area (TPSA) is 45.7 Å². The minimum absolute atomic E-state index is 0.0130. The van der Waals surface area contributed by atoms with Crippen molar-refractivity contribution in [3.05, 3.63) is 41.4 Å². The third-order valence-corrected chi connectivity index (χ3v) is 6.18. The van der Waals surface area contributed by atoms with Crippen LogP contribution in [0.4, 0.5) is 0 Å². The van der Waals surface area contributed by atoms with Crippen LogP contribution in [0.2, 0.25) is 0 Å². The molecule has 6 heteroatoms. The molecule has 0 saturated carbocycles. The van der Waals surface area contributed by atoms with Gasteiger partial charge in [0.05, 0.1) is 12.1 Å². The van der Waals surface area contributed by atoms with Gasteiger partial charge in [0.15, 0.2) is 0 Å². The van der Waals surface area contributed by atoms with Crippen molar-refractivity contribution in [3.8, 4) is 10.6 Å². The number of nitrogens with zero attached hydrogens (tertiary/aromatic N) is 3. The molecule has 0 bridgehead atoms. The number of thiazole rings is 1. The quantitative estimate of drug-likeness (QED) is 0.847. The summed E-state index contributed by atoms with van der Waals surface area (Å²) < 4.78 is 5.67. The van der Waals surface area contributed by atoms with Gasteiger partial charge in [0.2, 0.25) is 0 Å². The molecule has 1 aromatic heterocycles. The fourth-order valence-electron chi connectivity index (χ4n) is 3.90. The number of benzene rings is 1. The average molecular weight is 357 g/mol. The summed E-state index contributed by atoms with van der Waals surface area (Å²) >= 11 is 1.53.